The number of aryl methyl sites for hydroxylation is 2. The van der Waals surface area contributed by atoms with E-state index in [1.165, 1.54) is 38.1 Å². The lowest BCUT2D eigenvalue weighted by Crippen LogP contribution is -2.10. The van der Waals surface area contributed by atoms with Gasteiger partial charge in [-0.05, 0) is 50.1 Å². The Hall–Kier alpha value is -1.95. The summed E-state index contributed by atoms with van der Waals surface area (Å²) in [4.78, 5) is 1.34. The first-order chi connectivity index (χ1) is 13.7. The number of para-hydroxylation sites is 1. The van der Waals surface area contributed by atoms with Crippen LogP contribution in [-0.4, -0.2) is 21.9 Å². The van der Waals surface area contributed by atoms with Crippen molar-refractivity contribution in [1.82, 2.24) is 13.9 Å². The highest BCUT2D eigenvalue weighted by Gasteiger charge is 2.20. The summed E-state index contributed by atoms with van der Waals surface area (Å²) in [5.74, 6) is 0. The maximum atomic E-state index is 4.57. The number of nitrogens with one attached hydrogen (secondary N) is 1. The molecule has 4 aromatic rings. The van der Waals surface area contributed by atoms with Crippen molar-refractivity contribution in [3.05, 3.63) is 65.3 Å². The molecule has 0 aliphatic carbocycles. The molecule has 0 saturated carbocycles. The number of nitrogens with zero attached hydrogens (tertiary/aromatic N) is 2. The fourth-order valence-corrected chi connectivity index (χ4v) is 5.49. The molecule has 0 aliphatic rings. The normalized spacial score (nSPS) is 11.7. The second-order valence-corrected chi connectivity index (χ2v) is 8.61. The van der Waals surface area contributed by atoms with Crippen molar-refractivity contribution in [2.45, 2.75) is 33.4 Å². The van der Waals surface area contributed by atoms with Crippen molar-refractivity contribution in [3.63, 3.8) is 0 Å². The van der Waals surface area contributed by atoms with Gasteiger partial charge in [-0.25, -0.2) is 0 Å². The van der Waals surface area contributed by atoms with E-state index in [-0.39, 0.29) is 0 Å². The molecule has 146 valence electrons. The first-order valence-electron chi connectivity index (χ1n) is 9.77. The first-order valence-corrected chi connectivity index (χ1v) is 11.9. The standard InChI is InChI=1S/C23H27N3S2/c1-5-25-21(15-18-11-14-28-23(18)25)16(2)22-17(3)26(13-8-12-24-27-4)20-10-7-6-9-19(20)22/h6-7,9-11,14-15,24H,2,5,8,12-13H2,1,3-4H3. The van der Waals surface area contributed by atoms with Crippen molar-refractivity contribution < 1.29 is 0 Å². The van der Waals surface area contributed by atoms with Gasteiger partial charge in [-0.2, -0.15) is 0 Å². The number of thiophene rings is 1. The van der Waals surface area contributed by atoms with Crippen molar-refractivity contribution >= 4 is 50.0 Å². The van der Waals surface area contributed by atoms with Crippen molar-refractivity contribution in [2.75, 3.05) is 12.8 Å². The Bertz CT molecular complexity index is 1130. The van der Waals surface area contributed by atoms with Crippen LogP contribution >= 0.6 is 23.3 Å². The van der Waals surface area contributed by atoms with Crippen molar-refractivity contribution in [1.29, 1.82) is 0 Å². The Kier molecular flexibility index (Phi) is 5.67. The van der Waals surface area contributed by atoms with Gasteiger partial charge in [0.25, 0.3) is 0 Å². The molecule has 0 aliphatic heterocycles. The van der Waals surface area contributed by atoms with Crippen molar-refractivity contribution in [3.8, 4) is 0 Å². The molecule has 1 N–H and O–H groups in total. The quantitative estimate of drug-likeness (QED) is 0.272. The van der Waals surface area contributed by atoms with Crippen LogP contribution in [0.15, 0.2) is 48.4 Å². The summed E-state index contributed by atoms with van der Waals surface area (Å²) in [6, 6.07) is 13.2. The van der Waals surface area contributed by atoms with Crippen molar-refractivity contribution in [2.24, 2.45) is 0 Å². The minimum absolute atomic E-state index is 0.955. The molecule has 3 nitrogen and oxygen atoms in total. The fourth-order valence-electron chi connectivity index (χ4n) is 4.18. The van der Waals surface area contributed by atoms with Crippen LogP contribution in [0.2, 0.25) is 0 Å². The maximum absolute atomic E-state index is 4.57. The van der Waals surface area contributed by atoms with E-state index in [4.69, 9.17) is 0 Å². The SMILES string of the molecule is C=C(c1c(C)n(CCCNSC)c2ccccc12)c1cc2ccsc2n1CC. The molecule has 1 aromatic carbocycles. The Balaban J connectivity index is 1.80. The number of fused-ring (bicyclic) bond motifs is 2. The molecular weight excluding hydrogens is 382 g/mol. The molecule has 0 spiro atoms. The van der Waals surface area contributed by atoms with Gasteiger partial charge in [-0.3, -0.25) is 4.72 Å². The van der Waals surface area contributed by atoms with Gasteiger partial charge in [0.05, 0.1) is 0 Å². The minimum Gasteiger partial charge on any atom is -0.344 e. The van der Waals surface area contributed by atoms with E-state index >= 15 is 0 Å². The van der Waals surface area contributed by atoms with E-state index in [1.54, 1.807) is 11.9 Å². The average Bonchev–Trinajstić information content (AvgIpc) is 3.36. The third-order valence-electron chi connectivity index (χ3n) is 5.47. The predicted molar refractivity (Wildman–Crippen MR) is 126 cm³/mol. The van der Waals surface area contributed by atoms with Gasteiger partial charge in [0, 0.05) is 58.4 Å². The van der Waals surface area contributed by atoms with Crippen LogP contribution in [0.25, 0.3) is 26.7 Å². The van der Waals surface area contributed by atoms with Gasteiger partial charge in [0.2, 0.25) is 0 Å². The molecule has 3 aromatic heterocycles. The minimum atomic E-state index is 0.955. The second-order valence-electron chi connectivity index (χ2n) is 7.01. The van der Waals surface area contributed by atoms with E-state index in [1.807, 2.05) is 11.3 Å². The van der Waals surface area contributed by atoms with Crippen LogP contribution in [0.4, 0.5) is 0 Å². The lowest BCUT2D eigenvalue weighted by molar-refractivity contribution is 0.644. The third-order valence-corrected chi connectivity index (χ3v) is 6.91. The summed E-state index contributed by atoms with van der Waals surface area (Å²) in [7, 11) is 0. The highest BCUT2D eigenvalue weighted by molar-refractivity contribution is 7.96. The van der Waals surface area contributed by atoms with Gasteiger partial charge >= 0.3 is 0 Å². The third kappa shape index (κ3) is 3.21. The zero-order valence-electron chi connectivity index (χ0n) is 16.8. The summed E-state index contributed by atoms with van der Waals surface area (Å²) >= 11 is 3.49. The lowest BCUT2D eigenvalue weighted by Gasteiger charge is -2.12. The Morgan fingerprint density at radius 2 is 2.04 bits per heavy atom. The molecule has 0 radical (unpaired) electrons. The fraction of sp³-hybridized carbons (Fsp3) is 0.304. The molecule has 0 saturated heterocycles. The first kappa shape index (κ1) is 19.4. The number of hydrogen-bond donors (Lipinski definition) is 1. The van der Waals surface area contributed by atoms with E-state index in [9.17, 15) is 0 Å². The number of hydrogen-bond acceptors (Lipinski definition) is 3. The predicted octanol–water partition coefficient (Wildman–Crippen LogP) is 6.31. The van der Waals surface area contributed by atoms with Crippen LogP contribution in [0.5, 0.6) is 0 Å². The van der Waals surface area contributed by atoms with Crippen LogP contribution in [0.3, 0.4) is 0 Å². The molecule has 28 heavy (non-hydrogen) atoms. The van der Waals surface area contributed by atoms with Crippen LogP contribution < -0.4 is 4.72 Å². The lowest BCUT2D eigenvalue weighted by atomic mass is 10.0. The Labute approximate surface area is 175 Å². The summed E-state index contributed by atoms with van der Waals surface area (Å²) in [6.07, 6.45) is 3.18. The number of rotatable bonds is 8. The topological polar surface area (TPSA) is 21.9 Å². The van der Waals surface area contributed by atoms with E-state index in [0.717, 1.165) is 31.6 Å². The zero-order valence-corrected chi connectivity index (χ0v) is 18.4. The average molecular weight is 410 g/mol. The summed E-state index contributed by atoms with van der Waals surface area (Å²) in [5.41, 5.74) is 6.26. The van der Waals surface area contributed by atoms with Gasteiger partial charge < -0.3 is 9.13 Å². The molecule has 3 heterocycles. The molecule has 5 heteroatoms. The van der Waals surface area contributed by atoms with Crippen LogP contribution in [0.1, 0.15) is 30.3 Å². The summed E-state index contributed by atoms with van der Waals surface area (Å²) < 4.78 is 8.21. The Morgan fingerprint density at radius 1 is 1.21 bits per heavy atom. The number of aromatic nitrogens is 2. The molecular formula is C23H27N3S2. The number of benzene rings is 1. The van der Waals surface area contributed by atoms with E-state index in [0.29, 0.717) is 0 Å². The van der Waals surface area contributed by atoms with Gasteiger partial charge in [0.1, 0.15) is 4.83 Å². The van der Waals surface area contributed by atoms with E-state index in [2.05, 4.69) is 82.3 Å². The summed E-state index contributed by atoms with van der Waals surface area (Å²) in [6.45, 7) is 12.0. The largest absolute Gasteiger partial charge is 0.344 e. The molecule has 0 atom stereocenters. The molecule has 0 bridgehead atoms. The van der Waals surface area contributed by atoms with E-state index < -0.39 is 0 Å². The highest BCUT2D eigenvalue weighted by atomic mass is 32.2. The van der Waals surface area contributed by atoms with Gasteiger partial charge in [0.15, 0.2) is 0 Å². The highest BCUT2D eigenvalue weighted by Crippen LogP contribution is 2.37. The monoisotopic (exact) mass is 409 g/mol. The van der Waals surface area contributed by atoms with Crippen LogP contribution in [0, 0.1) is 6.92 Å². The molecule has 0 fully saturated rings. The molecule has 0 unspecified atom stereocenters. The summed E-state index contributed by atoms with van der Waals surface area (Å²) in [5, 5.41) is 4.78. The second kappa shape index (κ2) is 8.19. The smallest absolute Gasteiger partial charge is 0.103 e. The molecule has 0 amide bonds. The molecule has 4 rings (SSSR count). The van der Waals surface area contributed by atoms with Crippen LogP contribution in [-0.2, 0) is 13.1 Å². The zero-order chi connectivity index (χ0) is 19.7. The maximum Gasteiger partial charge on any atom is 0.103 e. The van der Waals surface area contributed by atoms with Gasteiger partial charge in [-0.15, -0.1) is 11.3 Å². The van der Waals surface area contributed by atoms with Gasteiger partial charge in [-0.1, -0.05) is 36.7 Å². The Morgan fingerprint density at radius 3 is 2.82 bits per heavy atom.